The van der Waals surface area contributed by atoms with Crippen molar-refractivity contribution in [3.63, 3.8) is 0 Å². The van der Waals surface area contributed by atoms with Gasteiger partial charge in [-0.25, -0.2) is 0 Å². The number of allylic oxidation sites excluding steroid dienone is 1. The van der Waals surface area contributed by atoms with Crippen LogP contribution < -0.4 is 0 Å². The van der Waals surface area contributed by atoms with Crippen LogP contribution in [0.25, 0.3) is 0 Å². The second kappa shape index (κ2) is 1.47. The zero-order chi connectivity index (χ0) is 7.92. The maximum Gasteiger partial charge on any atom is 0.0926 e. The molecule has 0 amide bonds. The summed E-state index contributed by atoms with van der Waals surface area (Å²) in [6.07, 6.45) is 4.50. The summed E-state index contributed by atoms with van der Waals surface area (Å²) in [5.74, 6) is 4.81. The Hall–Kier alpha value is -0.460. The summed E-state index contributed by atoms with van der Waals surface area (Å²) in [5, 5.41) is 0. The molecule has 5 atom stereocenters. The van der Waals surface area contributed by atoms with Crippen molar-refractivity contribution in [2.24, 2.45) is 29.1 Å². The minimum Gasteiger partial charge on any atom is -0.498 e. The van der Waals surface area contributed by atoms with Crippen LogP contribution in [0, 0.1) is 29.1 Å². The Morgan fingerprint density at radius 2 is 2.33 bits per heavy atom. The number of rotatable bonds is 0. The number of hydrogen-bond acceptors (Lipinski definition) is 1. The van der Waals surface area contributed by atoms with Crippen LogP contribution in [0.1, 0.15) is 19.3 Å². The molecule has 64 valence electrons. The molecule has 5 unspecified atom stereocenters. The van der Waals surface area contributed by atoms with Crippen molar-refractivity contribution in [2.75, 3.05) is 6.61 Å². The molecule has 1 saturated heterocycles. The molecule has 3 saturated carbocycles. The van der Waals surface area contributed by atoms with Gasteiger partial charge in [-0.3, -0.25) is 0 Å². The Balaban J connectivity index is 1.81. The maximum absolute atomic E-state index is 5.57. The van der Waals surface area contributed by atoms with Crippen LogP contribution in [0.4, 0.5) is 0 Å². The molecule has 1 heterocycles. The van der Waals surface area contributed by atoms with Crippen LogP contribution in [-0.2, 0) is 4.74 Å². The number of ether oxygens (including phenoxy) is 1. The molecule has 0 aromatic rings. The summed E-state index contributed by atoms with van der Waals surface area (Å²) in [7, 11) is 0. The van der Waals surface area contributed by atoms with Gasteiger partial charge in [-0.05, 0) is 36.5 Å². The van der Waals surface area contributed by atoms with Crippen molar-refractivity contribution < 1.29 is 4.74 Å². The van der Waals surface area contributed by atoms with E-state index in [1.165, 1.54) is 19.3 Å². The number of hydrogen-bond donors (Lipinski definition) is 0. The lowest BCUT2D eigenvalue weighted by atomic mass is 9.67. The summed E-state index contributed by atoms with van der Waals surface area (Å²) < 4.78 is 5.57. The summed E-state index contributed by atoms with van der Waals surface area (Å²) in [5.41, 5.74) is 0.835. The first-order valence-corrected chi connectivity index (χ1v) is 5.14. The van der Waals surface area contributed by atoms with E-state index in [0.29, 0.717) is 0 Å². The molecule has 1 heteroatoms. The monoisotopic (exact) mass is 162 g/mol. The SMILES string of the molecule is C=C1OCC2C1C1CCC13CC23. The van der Waals surface area contributed by atoms with Gasteiger partial charge < -0.3 is 4.74 Å². The maximum atomic E-state index is 5.57. The fourth-order valence-electron chi connectivity index (χ4n) is 4.39. The van der Waals surface area contributed by atoms with Gasteiger partial charge in [0.1, 0.15) is 0 Å². The van der Waals surface area contributed by atoms with E-state index in [-0.39, 0.29) is 0 Å². The van der Waals surface area contributed by atoms with Crippen molar-refractivity contribution >= 4 is 0 Å². The Morgan fingerprint density at radius 3 is 3.08 bits per heavy atom. The van der Waals surface area contributed by atoms with Crippen LogP contribution >= 0.6 is 0 Å². The van der Waals surface area contributed by atoms with Gasteiger partial charge in [0.25, 0.3) is 0 Å². The first kappa shape index (κ1) is 6.06. The van der Waals surface area contributed by atoms with Crippen molar-refractivity contribution in [3.05, 3.63) is 12.3 Å². The zero-order valence-corrected chi connectivity index (χ0v) is 7.25. The van der Waals surface area contributed by atoms with Crippen LogP contribution in [-0.4, -0.2) is 6.61 Å². The first-order valence-electron chi connectivity index (χ1n) is 5.14. The van der Waals surface area contributed by atoms with Gasteiger partial charge in [0.2, 0.25) is 0 Å². The molecular weight excluding hydrogens is 148 g/mol. The molecule has 1 aliphatic heterocycles. The van der Waals surface area contributed by atoms with E-state index in [4.69, 9.17) is 4.74 Å². The highest BCUT2D eigenvalue weighted by Gasteiger charge is 2.75. The van der Waals surface area contributed by atoms with E-state index in [9.17, 15) is 0 Å². The second-order valence-corrected chi connectivity index (χ2v) is 5.16. The molecule has 4 fully saturated rings. The molecule has 4 rings (SSSR count). The number of fused-ring (bicyclic) bond motifs is 3. The third kappa shape index (κ3) is 0.403. The first-order chi connectivity index (χ1) is 5.83. The Morgan fingerprint density at radius 1 is 1.42 bits per heavy atom. The summed E-state index contributed by atoms with van der Waals surface area (Å²) in [6.45, 7) is 5.04. The molecule has 0 aromatic heterocycles. The summed E-state index contributed by atoms with van der Waals surface area (Å²) in [4.78, 5) is 0. The Bertz CT molecular complexity index is 281. The van der Waals surface area contributed by atoms with Crippen LogP contribution in [0.15, 0.2) is 12.3 Å². The average molecular weight is 162 g/mol. The topological polar surface area (TPSA) is 9.23 Å². The molecular formula is C11H14O. The average Bonchev–Trinajstić information content (AvgIpc) is 2.65. The fraction of sp³-hybridized carbons (Fsp3) is 0.818. The lowest BCUT2D eigenvalue weighted by molar-refractivity contribution is 0.116. The molecule has 0 radical (unpaired) electrons. The Labute approximate surface area is 72.8 Å². The van der Waals surface area contributed by atoms with Crippen molar-refractivity contribution in [3.8, 4) is 0 Å². The van der Waals surface area contributed by atoms with Crippen LogP contribution in [0.5, 0.6) is 0 Å². The summed E-state index contributed by atoms with van der Waals surface area (Å²) >= 11 is 0. The Kier molecular flexibility index (Phi) is 0.743. The van der Waals surface area contributed by atoms with Crippen molar-refractivity contribution in [2.45, 2.75) is 19.3 Å². The second-order valence-electron chi connectivity index (χ2n) is 5.16. The summed E-state index contributed by atoms with van der Waals surface area (Å²) in [6, 6.07) is 0. The van der Waals surface area contributed by atoms with Crippen LogP contribution in [0.2, 0.25) is 0 Å². The zero-order valence-electron chi connectivity index (χ0n) is 7.25. The quantitative estimate of drug-likeness (QED) is 0.530. The highest BCUT2D eigenvalue weighted by Crippen LogP contribution is 2.81. The van der Waals surface area contributed by atoms with Gasteiger partial charge in [-0.1, -0.05) is 6.58 Å². The molecule has 12 heavy (non-hydrogen) atoms. The molecule has 0 N–H and O–H groups in total. The van der Waals surface area contributed by atoms with Gasteiger partial charge in [-0.15, -0.1) is 0 Å². The van der Waals surface area contributed by atoms with E-state index < -0.39 is 0 Å². The molecule has 4 aliphatic rings. The molecule has 1 spiro atoms. The predicted octanol–water partition coefficient (Wildman–Crippen LogP) is 2.19. The largest absolute Gasteiger partial charge is 0.498 e. The smallest absolute Gasteiger partial charge is 0.0926 e. The normalized spacial score (nSPS) is 64.5. The van der Waals surface area contributed by atoms with Gasteiger partial charge in [-0.2, -0.15) is 0 Å². The fourth-order valence-corrected chi connectivity index (χ4v) is 4.39. The van der Waals surface area contributed by atoms with E-state index >= 15 is 0 Å². The van der Waals surface area contributed by atoms with Crippen molar-refractivity contribution in [1.82, 2.24) is 0 Å². The highest BCUT2D eigenvalue weighted by molar-refractivity contribution is 5.27. The van der Waals surface area contributed by atoms with Gasteiger partial charge in [0.05, 0.1) is 12.4 Å². The van der Waals surface area contributed by atoms with E-state index in [2.05, 4.69) is 6.58 Å². The molecule has 0 bridgehead atoms. The van der Waals surface area contributed by atoms with Gasteiger partial charge in [0.15, 0.2) is 0 Å². The lowest BCUT2D eigenvalue weighted by Crippen LogP contribution is -2.30. The van der Waals surface area contributed by atoms with E-state index in [0.717, 1.165) is 41.5 Å². The third-order valence-electron chi connectivity index (χ3n) is 5.08. The highest BCUT2D eigenvalue weighted by atomic mass is 16.5. The molecule has 1 nitrogen and oxygen atoms in total. The lowest BCUT2D eigenvalue weighted by Gasteiger charge is -2.37. The van der Waals surface area contributed by atoms with Crippen LogP contribution in [0.3, 0.4) is 0 Å². The molecule has 0 aromatic carbocycles. The van der Waals surface area contributed by atoms with Crippen molar-refractivity contribution in [1.29, 1.82) is 0 Å². The van der Waals surface area contributed by atoms with E-state index in [1.807, 2.05) is 0 Å². The minimum atomic E-state index is 0.775. The molecule has 3 aliphatic carbocycles. The third-order valence-corrected chi connectivity index (χ3v) is 5.08. The standard InChI is InChI=1S/C11H14O/c1-6-10-7(5-12-6)9-4-11(9)3-2-8(10)11/h7-10H,1-5H2. The van der Waals surface area contributed by atoms with Gasteiger partial charge in [0, 0.05) is 11.8 Å². The minimum absolute atomic E-state index is 0.775. The van der Waals surface area contributed by atoms with E-state index in [1.54, 1.807) is 0 Å². The predicted molar refractivity (Wildman–Crippen MR) is 45.3 cm³/mol. The van der Waals surface area contributed by atoms with Gasteiger partial charge >= 0.3 is 0 Å².